The molecule has 5 nitrogen and oxygen atoms in total. The van der Waals surface area contributed by atoms with Crippen molar-refractivity contribution in [2.45, 2.75) is 13.0 Å². The van der Waals surface area contributed by atoms with Crippen molar-refractivity contribution in [3.05, 3.63) is 36.6 Å². The quantitative estimate of drug-likeness (QED) is 0.310. The Labute approximate surface area is 100 Å². The van der Waals surface area contributed by atoms with Crippen LogP contribution in [-0.4, -0.2) is 30.4 Å². The Hall–Kier alpha value is -2.06. The van der Waals surface area contributed by atoms with Gasteiger partial charge in [0.1, 0.15) is 12.4 Å². The van der Waals surface area contributed by atoms with Gasteiger partial charge in [0.15, 0.2) is 6.10 Å². The fourth-order valence-electron chi connectivity index (χ4n) is 0.771. The van der Waals surface area contributed by atoms with E-state index in [-0.39, 0.29) is 24.5 Å². The number of nitrogens with zero attached hydrogens (tertiary/aromatic N) is 1. The molecule has 0 saturated heterocycles. The molecule has 0 aromatic carbocycles. The molecule has 0 spiro atoms. The van der Waals surface area contributed by atoms with Gasteiger partial charge in [0, 0.05) is 5.57 Å². The molecule has 5 heteroatoms. The molecule has 0 amide bonds. The fraction of sp³-hybridized carbons (Fsp3) is 0.333. The Morgan fingerprint density at radius 1 is 1.47 bits per heavy atom. The van der Waals surface area contributed by atoms with Gasteiger partial charge in [0.05, 0.1) is 12.7 Å². The lowest BCUT2D eigenvalue weighted by molar-refractivity contribution is -0.155. The van der Waals surface area contributed by atoms with Gasteiger partial charge in [0.2, 0.25) is 0 Å². The molecular formula is C12H15NO4. The number of allylic oxidation sites excluding steroid dienone is 3. The predicted molar refractivity (Wildman–Crippen MR) is 61.6 cm³/mol. The number of aliphatic hydroxyl groups excluding tert-OH is 1. The Morgan fingerprint density at radius 3 is 2.65 bits per heavy atom. The molecule has 17 heavy (non-hydrogen) atoms. The second-order valence-electron chi connectivity index (χ2n) is 3.02. The zero-order chi connectivity index (χ0) is 13.3. The Balaban J connectivity index is 4.01. The second-order valence-corrected chi connectivity index (χ2v) is 3.02. The van der Waals surface area contributed by atoms with Gasteiger partial charge >= 0.3 is 5.97 Å². The van der Waals surface area contributed by atoms with E-state index in [1.807, 2.05) is 6.07 Å². The van der Waals surface area contributed by atoms with Crippen molar-refractivity contribution in [2.75, 3.05) is 13.2 Å². The average Bonchev–Trinajstić information content (AvgIpc) is 2.32. The largest absolute Gasteiger partial charge is 0.491 e. The molecule has 92 valence electrons. The molecule has 0 rings (SSSR count). The predicted octanol–water partition coefficient (Wildman–Crippen LogP) is 1.08. The summed E-state index contributed by atoms with van der Waals surface area (Å²) in [5.41, 5.74) is 0.251. The molecule has 0 saturated carbocycles. The first-order valence-electron chi connectivity index (χ1n) is 4.94. The van der Waals surface area contributed by atoms with Gasteiger partial charge in [-0.15, -0.1) is 0 Å². The number of aliphatic hydroxyl groups is 1. The number of hydrogen-bond donors (Lipinski definition) is 1. The summed E-state index contributed by atoms with van der Waals surface area (Å²) >= 11 is 0. The van der Waals surface area contributed by atoms with Gasteiger partial charge in [-0.1, -0.05) is 13.2 Å². The highest BCUT2D eigenvalue weighted by atomic mass is 16.6. The number of carbonyl (C=O) groups excluding carboxylic acids is 1. The van der Waals surface area contributed by atoms with Gasteiger partial charge in [-0.2, -0.15) is 5.26 Å². The van der Waals surface area contributed by atoms with E-state index in [0.717, 1.165) is 0 Å². The number of hydrogen-bond acceptors (Lipinski definition) is 5. The fourth-order valence-corrected chi connectivity index (χ4v) is 0.771. The van der Waals surface area contributed by atoms with Crippen LogP contribution in [0.15, 0.2) is 36.6 Å². The van der Waals surface area contributed by atoms with Crippen LogP contribution in [-0.2, 0) is 14.3 Å². The smallest absolute Gasteiger partial charge is 0.338 e. The van der Waals surface area contributed by atoms with E-state index in [1.54, 1.807) is 6.92 Å². The summed E-state index contributed by atoms with van der Waals surface area (Å²) in [5, 5.41) is 17.7. The van der Waals surface area contributed by atoms with Crippen LogP contribution in [0.2, 0.25) is 0 Å². The summed E-state index contributed by atoms with van der Waals surface area (Å²) in [7, 11) is 0. The summed E-state index contributed by atoms with van der Waals surface area (Å²) in [6, 6.07) is 1.82. The van der Waals surface area contributed by atoms with Crippen molar-refractivity contribution >= 4 is 5.97 Å². The Kier molecular flexibility index (Phi) is 7.15. The molecular weight excluding hydrogens is 222 g/mol. The van der Waals surface area contributed by atoms with E-state index in [0.29, 0.717) is 0 Å². The van der Waals surface area contributed by atoms with E-state index in [9.17, 15) is 9.90 Å². The average molecular weight is 237 g/mol. The number of rotatable bonds is 7. The van der Waals surface area contributed by atoms with E-state index in [4.69, 9.17) is 10.00 Å². The first-order valence-corrected chi connectivity index (χ1v) is 4.94. The first-order chi connectivity index (χ1) is 8.01. The molecule has 0 bridgehead atoms. The third kappa shape index (κ3) is 6.93. The van der Waals surface area contributed by atoms with Crippen molar-refractivity contribution in [3.8, 4) is 6.07 Å². The third-order valence-electron chi connectivity index (χ3n) is 1.60. The first kappa shape index (κ1) is 14.9. The van der Waals surface area contributed by atoms with Crippen LogP contribution in [0.1, 0.15) is 6.92 Å². The Bertz CT molecular complexity index is 365. The van der Waals surface area contributed by atoms with Gasteiger partial charge < -0.3 is 14.6 Å². The van der Waals surface area contributed by atoms with Gasteiger partial charge in [0.25, 0.3) is 0 Å². The minimum atomic E-state index is -1.35. The van der Waals surface area contributed by atoms with Crippen molar-refractivity contribution in [2.24, 2.45) is 0 Å². The molecule has 0 radical (unpaired) electrons. The summed E-state index contributed by atoms with van der Waals surface area (Å²) in [6.07, 6.45) is 1.49. The number of nitriles is 1. The lowest BCUT2D eigenvalue weighted by Crippen LogP contribution is -2.27. The van der Waals surface area contributed by atoms with Crippen molar-refractivity contribution in [1.29, 1.82) is 5.26 Å². The highest BCUT2D eigenvalue weighted by Crippen LogP contribution is 2.01. The number of ether oxygens (including phenoxy) is 2. The molecule has 0 heterocycles. The number of esters is 1. The molecule has 1 unspecified atom stereocenters. The minimum absolute atomic E-state index is 0.193. The molecule has 0 aromatic heterocycles. The maximum Gasteiger partial charge on any atom is 0.338 e. The lowest BCUT2D eigenvalue weighted by atomic mass is 10.3. The molecule has 0 aliphatic heterocycles. The van der Waals surface area contributed by atoms with Crippen LogP contribution in [0.25, 0.3) is 0 Å². The lowest BCUT2D eigenvalue weighted by Gasteiger charge is -2.10. The van der Waals surface area contributed by atoms with Crippen molar-refractivity contribution < 1.29 is 19.4 Å². The van der Waals surface area contributed by atoms with Gasteiger partial charge in [-0.25, -0.2) is 4.79 Å². The maximum atomic E-state index is 11.0. The molecule has 0 aliphatic carbocycles. The summed E-state index contributed by atoms with van der Waals surface area (Å²) < 4.78 is 9.56. The SMILES string of the molecule is C=C(C#N)/C=C\C(=C)OCC(O)C(=O)OCC. The normalized spacial score (nSPS) is 11.6. The van der Waals surface area contributed by atoms with E-state index in [1.165, 1.54) is 12.2 Å². The molecule has 1 atom stereocenters. The van der Waals surface area contributed by atoms with E-state index >= 15 is 0 Å². The second kappa shape index (κ2) is 8.13. The standard InChI is InChI=1S/C12H15NO4/c1-4-16-12(15)11(14)8-17-10(3)6-5-9(2)7-13/h5-6,11,14H,2-4,8H2,1H3/b6-5-. The molecule has 1 N–H and O–H groups in total. The summed E-state index contributed by atoms with van der Waals surface area (Å²) in [6.45, 7) is 8.52. The highest BCUT2D eigenvalue weighted by Gasteiger charge is 2.16. The maximum absolute atomic E-state index is 11.0. The van der Waals surface area contributed by atoms with Gasteiger partial charge in [-0.3, -0.25) is 0 Å². The van der Waals surface area contributed by atoms with Crippen molar-refractivity contribution in [3.63, 3.8) is 0 Å². The van der Waals surface area contributed by atoms with Gasteiger partial charge in [-0.05, 0) is 19.1 Å². The van der Waals surface area contributed by atoms with Crippen LogP contribution in [0.3, 0.4) is 0 Å². The highest BCUT2D eigenvalue weighted by molar-refractivity contribution is 5.74. The number of carbonyl (C=O) groups is 1. The van der Waals surface area contributed by atoms with Crippen LogP contribution in [0.4, 0.5) is 0 Å². The van der Waals surface area contributed by atoms with E-state index in [2.05, 4.69) is 17.9 Å². The third-order valence-corrected chi connectivity index (χ3v) is 1.60. The molecule has 0 aliphatic rings. The zero-order valence-electron chi connectivity index (χ0n) is 9.68. The van der Waals surface area contributed by atoms with E-state index < -0.39 is 12.1 Å². The summed E-state index contributed by atoms with van der Waals surface area (Å²) in [4.78, 5) is 11.0. The molecule has 0 fully saturated rings. The minimum Gasteiger partial charge on any atom is -0.491 e. The van der Waals surface area contributed by atoms with Crippen LogP contribution < -0.4 is 0 Å². The van der Waals surface area contributed by atoms with Crippen LogP contribution in [0, 0.1) is 11.3 Å². The topological polar surface area (TPSA) is 79.5 Å². The zero-order valence-corrected chi connectivity index (χ0v) is 9.68. The van der Waals surface area contributed by atoms with Crippen LogP contribution >= 0.6 is 0 Å². The van der Waals surface area contributed by atoms with Crippen LogP contribution in [0.5, 0.6) is 0 Å². The summed E-state index contributed by atoms with van der Waals surface area (Å²) in [5.74, 6) is -0.532. The van der Waals surface area contributed by atoms with Crippen molar-refractivity contribution in [1.82, 2.24) is 0 Å². The monoisotopic (exact) mass is 237 g/mol. The molecule has 0 aromatic rings. The Morgan fingerprint density at radius 2 is 2.12 bits per heavy atom.